The van der Waals surface area contributed by atoms with Crippen LogP contribution in [0.1, 0.15) is 37.7 Å². The first-order valence-corrected chi connectivity index (χ1v) is 7.21. The highest BCUT2D eigenvalue weighted by molar-refractivity contribution is 5.70. The smallest absolute Gasteiger partial charge is 0.306 e. The molecule has 1 aromatic carbocycles. The minimum absolute atomic E-state index is 0.124. The number of aromatic hydroxyl groups is 1. The zero-order valence-corrected chi connectivity index (χ0v) is 12.7. The molecule has 0 fully saturated rings. The minimum atomic E-state index is -0.281. The van der Waals surface area contributed by atoms with Gasteiger partial charge in [-0.3, -0.25) is 4.79 Å². The van der Waals surface area contributed by atoms with E-state index in [1.54, 1.807) is 18.2 Å². The normalized spacial score (nSPS) is 14.0. The predicted octanol–water partition coefficient (Wildman–Crippen LogP) is 3.00. The molecule has 0 aliphatic carbocycles. The fourth-order valence-corrected chi connectivity index (χ4v) is 2.15. The van der Waals surface area contributed by atoms with Crippen LogP contribution in [-0.4, -0.2) is 29.9 Å². The van der Waals surface area contributed by atoms with Crippen LogP contribution in [0.2, 0.25) is 0 Å². The van der Waals surface area contributed by atoms with Gasteiger partial charge in [-0.15, -0.1) is 0 Å². The molecule has 116 valence electrons. The van der Waals surface area contributed by atoms with Gasteiger partial charge in [0, 0.05) is 12.5 Å². The van der Waals surface area contributed by atoms with Crippen LogP contribution >= 0.6 is 0 Å². The first-order valence-electron chi connectivity index (χ1n) is 7.21. The summed E-state index contributed by atoms with van der Waals surface area (Å²) in [5, 5.41) is 18.4. The second-order valence-corrected chi connectivity index (χ2v) is 5.21. The number of ether oxygens (including phenoxy) is 1. The molecule has 2 N–H and O–H groups in total. The van der Waals surface area contributed by atoms with Crippen molar-refractivity contribution in [3.8, 4) is 5.75 Å². The standard InChI is InChI=1S/C17H24O4/c1-13(5-4-10-18)8-9-15(12-17(20)21-2)14-6-3-7-16(19)11-14/h3,6-9,11,13,15,18-19H,4-5,10,12H2,1-2H3/b9-8+/t13?,15-/m1/s1. The molecule has 1 unspecified atom stereocenters. The van der Waals surface area contributed by atoms with E-state index in [0.717, 1.165) is 18.4 Å². The van der Waals surface area contributed by atoms with E-state index < -0.39 is 0 Å². The van der Waals surface area contributed by atoms with Gasteiger partial charge < -0.3 is 14.9 Å². The molecule has 0 aliphatic rings. The van der Waals surface area contributed by atoms with Crippen LogP contribution < -0.4 is 0 Å². The highest BCUT2D eigenvalue weighted by atomic mass is 16.5. The van der Waals surface area contributed by atoms with E-state index in [4.69, 9.17) is 9.84 Å². The average molecular weight is 292 g/mol. The SMILES string of the molecule is COC(=O)C[C@@H](/C=C/C(C)CCCO)c1cccc(O)c1. The summed E-state index contributed by atoms with van der Waals surface area (Å²) >= 11 is 0. The van der Waals surface area contributed by atoms with E-state index in [-0.39, 0.29) is 30.7 Å². The lowest BCUT2D eigenvalue weighted by Crippen LogP contribution is -2.07. The zero-order valence-electron chi connectivity index (χ0n) is 12.7. The number of aliphatic hydroxyl groups is 1. The van der Waals surface area contributed by atoms with Crippen LogP contribution in [0.15, 0.2) is 36.4 Å². The number of hydrogen-bond donors (Lipinski definition) is 2. The number of allylic oxidation sites excluding steroid dienone is 2. The topological polar surface area (TPSA) is 66.8 Å². The van der Waals surface area contributed by atoms with Gasteiger partial charge in [0.25, 0.3) is 0 Å². The first-order chi connectivity index (χ1) is 10.1. The highest BCUT2D eigenvalue weighted by Crippen LogP contribution is 2.26. The number of phenolic OH excluding ortho intramolecular Hbond substituents is 1. The summed E-state index contributed by atoms with van der Waals surface area (Å²) in [4.78, 5) is 11.5. The summed E-state index contributed by atoms with van der Waals surface area (Å²) in [6, 6.07) is 6.91. The molecule has 0 aliphatic heterocycles. The van der Waals surface area contributed by atoms with Crippen LogP contribution in [-0.2, 0) is 9.53 Å². The third kappa shape index (κ3) is 6.45. The summed E-state index contributed by atoms with van der Waals surface area (Å²) in [7, 11) is 1.37. The Morgan fingerprint density at radius 1 is 1.38 bits per heavy atom. The van der Waals surface area contributed by atoms with Crippen molar-refractivity contribution in [3.63, 3.8) is 0 Å². The van der Waals surface area contributed by atoms with Crippen molar-refractivity contribution in [3.05, 3.63) is 42.0 Å². The number of aliphatic hydroxyl groups excluding tert-OH is 1. The van der Waals surface area contributed by atoms with Gasteiger partial charge in [0.15, 0.2) is 0 Å². The summed E-state index contributed by atoms with van der Waals surface area (Å²) in [5.74, 6) is 0.107. The summed E-state index contributed by atoms with van der Waals surface area (Å²) in [5.41, 5.74) is 0.881. The van der Waals surface area contributed by atoms with E-state index >= 15 is 0 Å². The van der Waals surface area contributed by atoms with Gasteiger partial charge in [-0.1, -0.05) is 31.2 Å². The molecule has 0 bridgehead atoms. The zero-order chi connectivity index (χ0) is 15.7. The quantitative estimate of drug-likeness (QED) is 0.571. The Balaban J connectivity index is 2.82. The second-order valence-electron chi connectivity index (χ2n) is 5.21. The Kier molecular flexibility index (Phi) is 7.54. The number of hydrogen-bond acceptors (Lipinski definition) is 4. The third-order valence-electron chi connectivity index (χ3n) is 3.40. The Morgan fingerprint density at radius 3 is 2.76 bits per heavy atom. The lowest BCUT2D eigenvalue weighted by Gasteiger charge is -2.13. The number of carbonyl (C=O) groups excluding carboxylic acids is 1. The average Bonchev–Trinajstić information content (AvgIpc) is 2.48. The maximum absolute atomic E-state index is 11.5. The van der Waals surface area contributed by atoms with Crippen LogP contribution in [0.4, 0.5) is 0 Å². The van der Waals surface area contributed by atoms with E-state index in [9.17, 15) is 9.90 Å². The highest BCUT2D eigenvalue weighted by Gasteiger charge is 2.14. The van der Waals surface area contributed by atoms with Gasteiger partial charge in [-0.05, 0) is 36.5 Å². The molecular weight excluding hydrogens is 268 g/mol. The van der Waals surface area contributed by atoms with Gasteiger partial charge in [-0.25, -0.2) is 0 Å². The second kappa shape index (κ2) is 9.19. The first kappa shape index (κ1) is 17.2. The molecule has 0 saturated carbocycles. The van der Waals surface area contributed by atoms with Crippen LogP contribution in [0.3, 0.4) is 0 Å². The summed E-state index contributed by atoms with van der Waals surface area (Å²) in [6.45, 7) is 2.26. The maximum atomic E-state index is 11.5. The number of esters is 1. The molecule has 0 amide bonds. The Morgan fingerprint density at radius 2 is 2.14 bits per heavy atom. The number of benzene rings is 1. The lowest BCUT2D eigenvalue weighted by atomic mass is 9.93. The fourth-order valence-electron chi connectivity index (χ4n) is 2.15. The maximum Gasteiger partial charge on any atom is 0.306 e. The molecule has 0 heterocycles. The van der Waals surface area contributed by atoms with Crippen LogP contribution in [0.5, 0.6) is 5.75 Å². The molecule has 4 heteroatoms. The van der Waals surface area contributed by atoms with Gasteiger partial charge in [0.1, 0.15) is 5.75 Å². The van der Waals surface area contributed by atoms with E-state index in [0.29, 0.717) is 5.92 Å². The van der Waals surface area contributed by atoms with Gasteiger partial charge >= 0.3 is 5.97 Å². The molecule has 2 atom stereocenters. The molecule has 0 aromatic heterocycles. The van der Waals surface area contributed by atoms with E-state index in [2.05, 4.69) is 6.92 Å². The number of methoxy groups -OCH3 is 1. The molecule has 0 radical (unpaired) electrons. The summed E-state index contributed by atoms with van der Waals surface area (Å²) < 4.78 is 4.74. The molecular formula is C17H24O4. The van der Waals surface area contributed by atoms with E-state index in [1.165, 1.54) is 7.11 Å². The lowest BCUT2D eigenvalue weighted by molar-refractivity contribution is -0.140. The molecule has 1 aromatic rings. The van der Waals surface area contributed by atoms with Crippen molar-refractivity contribution < 1.29 is 19.7 Å². The third-order valence-corrected chi connectivity index (χ3v) is 3.40. The largest absolute Gasteiger partial charge is 0.508 e. The molecule has 21 heavy (non-hydrogen) atoms. The van der Waals surface area contributed by atoms with Crippen molar-refractivity contribution >= 4 is 5.97 Å². The molecule has 0 saturated heterocycles. The molecule has 4 nitrogen and oxygen atoms in total. The van der Waals surface area contributed by atoms with Crippen LogP contribution in [0, 0.1) is 5.92 Å². The van der Waals surface area contributed by atoms with Crippen molar-refractivity contribution in [1.29, 1.82) is 0 Å². The van der Waals surface area contributed by atoms with Crippen molar-refractivity contribution in [2.45, 2.75) is 32.1 Å². The summed E-state index contributed by atoms with van der Waals surface area (Å²) in [6.07, 6.45) is 5.93. The fraction of sp³-hybridized carbons (Fsp3) is 0.471. The Bertz CT molecular complexity index is 468. The van der Waals surface area contributed by atoms with E-state index in [1.807, 2.05) is 18.2 Å². The predicted molar refractivity (Wildman–Crippen MR) is 82.1 cm³/mol. The van der Waals surface area contributed by atoms with Crippen molar-refractivity contribution in [2.24, 2.45) is 5.92 Å². The van der Waals surface area contributed by atoms with Crippen LogP contribution in [0.25, 0.3) is 0 Å². The number of carbonyl (C=O) groups is 1. The molecule has 1 rings (SSSR count). The monoisotopic (exact) mass is 292 g/mol. The minimum Gasteiger partial charge on any atom is -0.508 e. The Hall–Kier alpha value is -1.81. The van der Waals surface area contributed by atoms with Crippen molar-refractivity contribution in [2.75, 3.05) is 13.7 Å². The number of phenols is 1. The molecule has 0 spiro atoms. The van der Waals surface area contributed by atoms with Gasteiger partial charge in [0.2, 0.25) is 0 Å². The van der Waals surface area contributed by atoms with Gasteiger partial charge in [0.05, 0.1) is 13.5 Å². The number of rotatable bonds is 8. The van der Waals surface area contributed by atoms with Crippen molar-refractivity contribution in [1.82, 2.24) is 0 Å². The Labute approximate surface area is 126 Å². The van der Waals surface area contributed by atoms with Gasteiger partial charge in [-0.2, -0.15) is 0 Å².